The van der Waals surface area contributed by atoms with Gasteiger partial charge in [-0.25, -0.2) is 9.59 Å². The number of aliphatic hydroxyl groups excluding tert-OH is 3. The number of halogens is 4. The summed E-state index contributed by atoms with van der Waals surface area (Å²) in [7, 11) is 0. The Labute approximate surface area is 650 Å². The van der Waals surface area contributed by atoms with Crippen molar-refractivity contribution in [1.29, 1.82) is 0 Å². The lowest BCUT2D eigenvalue weighted by atomic mass is 9.77. The molecule has 0 unspecified atom stereocenters. The van der Waals surface area contributed by atoms with Gasteiger partial charge in [-0.3, -0.25) is 52.8 Å². The number of nitrogens with one attached hydrogen (secondary N) is 8. The number of aliphatic hydroxyl groups is 3. The van der Waals surface area contributed by atoms with Crippen molar-refractivity contribution >= 4 is 139 Å². The molecule has 0 radical (unpaired) electrons. The Morgan fingerprint density at radius 2 is 0.872 bits per heavy atom. The maximum atomic E-state index is 13.9. The van der Waals surface area contributed by atoms with E-state index in [9.17, 15) is 72.9 Å². The molecule has 16 rings (SSSR count). The van der Waals surface area contributed by atoms with Crippen molar-refractivity contribution in [1.82, 2.24) is 51.7 Å². The Hall–Kier alpha value is -7.40. The first kappa shape index (κ1) is 79.7. The van der Waals surface area contributed by atoms with Crippen molar-refractivity contribution in [2.24, 2.45) is 94.7 Å². The van der Waals surface area contributed by atoms with Crippen LogP contribution in [0.3, 0.4) is 0 Å². The van der Waals surface area contributed by atoms with Crippen LogP contribution < -0.4 is 31.9 Å². The average molecular weight is 1590 g/mol. The zero-order valence-electron chi connectivity index (χ0n) is 61.3. The molecule has 5 aliphatic heterocycles. The molecule has 12 aliphatic rings. The largest absolute Gasteiger partial charge is 0.477 e. The molecular weight excluding hydrogens is 1490 g/mol. The van der Waals surface area contributed by atoms with Gasteiger partial charge in [-0.2, -0.15) is 0 Å². The van der Waals surface area contributed by atoms with Crippen LogP contribution in [0.2, 0.25) is 20.1 Å². The minimum absolute atomic E-state index is 0.00620. The summed E-state index contributed by atoms with van der Waals surface area (Å²) in [5.74, 6) is -0.0163. The van der Waals surface area contributed by atoms with Crippen molar-refractivity contribution < 1.29 is 82.7 Å². The van der Waals surface area contributed by atoms with E-state index in [2.05, 4.69) is 41.9 Å². The molecule has 6 bridgehead atoms. The Morgan fingerprint density at radius 3 is 1.28 bits per heavy atom. The molecule has 12 fully saturated rings. The first-order chi connectivity index (χ1) is 52.0. The molecule has 4 aromatic rings. The number of fused-ring (bicyclic) bond motifs is 17. The number of carbonyl (C=O) groups is 12. The molecule has 2 aromatic heterocycles. The standard InChI is InChI=1S/C27H30Cl2N4O5.C23H35N3O6.C19H28N2O4.C9H5Cl2NO2/c28-15-7-18(29)16-9-21(31-19(16)8-15)27(38)33-10-17-12-1-2-13(5-12)23(17)24(33)26(37)32-20(22(35)11-34)6-14-3-4-30-25(14)36;1-23(2,3)32-22(31)26-10-15-12-4-5-13(8-12)18(15)19(26)21(30)25-16(17(28)11-27)9-14-6-7-24-20(14)29;22-9-16(23)15(8-12-5-6-20-18(12)24)21-19(25)14-4-3-13-10-1-2-11(7-10)17(13)14;10-4-1-6(11)5-3-8(9(13)14)12-7(5)2-4/h7-9,12-14,17,20,23-24,31,34H,1-6,10-11H2,(H,30,36)(H,32,37);12-16,18-19,27H,4-11H2,1-3H3,(H,24,29)(H,25,30);10-15,17,22H,1-9H2,(H,20,24)(H,21,25);1-3,12H,(H,13,14)/t12-,13+,14+,17-,20+,23+,24+;12-,13+,14+,15-,16+,18+,19+;10-,11+,12+,13-,14+,15+,17+;/m111./s1. The second-order valence-corrected chi connectivity index (χ2v) is 35.0. The summed E-state index contributed by atoms with van der Waals surface area (Å²) >= 11 is 24.1. The van der Waals surface area contributed by atoms with Gasteiger partial charge in [-0.15, -0.1) is 0 Å². The summed E-state index contributed by atoms with van der Waals surface area (Å²) in [6.45, 7) is 5.98. The highest BCUT2D eigenvalue weighted by molar-refractivity contribution is 6.39. The molecule has 7 aliphatic carbocycles. The van der Waals surface area contributed by atoms with Gasteiger partial charge in [0.1, 0.15) is 48.9 Å². The van der Waals surface area contributed by atoms with E-state index in [-0.39, 0.29) is 95.4 Å². The predicted octanol–water partition coefficient (Wildman–Crippen LogP) is 7.18. The fourth-order valence-electron chi connectivity index (χ4n) is 21.4. The van der Waals surface area contributed by atoms with Gasteiger partial charge < -0.3 is 71.9 Å². The number of ketones is 3. The molecule has 21 atom stereocenters. The van der Waals surface area contributed by atoms with Crippen LogP contribution in [-0.4, -0.2) is 199 Å². The number of carboxylic acid groups (broad SMARTS) is 1. The van der Waals surface area contributed by atoms with Crippen LogP contribution in [0.4, 0.5) is 4.79 Å². The van der Waals surface area contributed by atoms with Gasteiger partial charge in [0.2, 0.25) is 35.4 Å². The first-order valence-corrected chi connectivity index (χ1v) is 40.1. The third kappa shape index (κ3) is 16.8. The van der Waals surface area contributed by atoms with Crippen molar-refractivity contribution in [3.8, 4) is 0 Å². The Morgan fingerprint density at radius 1 is 0.486 bits per heavy atom. The van der Waals surface area contributed by atoms with Gasteiger partial charge in [0, 0.05) is 88.2 Å². The normalized spacial score (nSPS) is 31.2. The lowest BCUT2D eigenvalue weighted by Gasteiger charge is -2.32. The van der Waals surface area contributed by atoms with Crippen molar-refractivity contribution in [3.05, 3.63) is 67.9 Å². The second kappa shape index (κ2) is 33.1. The zero-order chi connectivity index (χ0) is 77.8. The number of aromatic nitrogens is 2. The van der Waals surface area contributed by atoms with E-state index >= 15 is 0 Å². The van der Waals surface area contributed by atoms with Gasteiger partial charge in [-0.1, -0.05) is 46.4 Å². The third-order valence-corrected chi connectivity index (χ3v) is 27.2. The lowest BCUT2D eigenvalue weighted by molar-refractivity contribution is -0.133. The molecule has 27 nitrogen and oxygen atoms in total. The number of aromatic carboxylic acids is 1. The monoisotopic (exact) mass is 1590 g/mol. The molecule has 31 heteroatoms. The quantitative estimate of drug-likeness (QED) is 0.0417. The summed E-state index contributed by atoms with van der Waals surface area (Å²) < 4.78 is 5.60. The number of hydrogen-bond donors (Lipinski definition) is 12. The van der Waals surface area contributed by atoms with Crippen LogP contribution in [0.25, 0.3) is 21.8 Å². The second-order valence-electron chi connectivity index (χ2n) is 33.3. The fraction of sp³-hybridized carbons (Fsp3) is 0.641. The number of ether oxygens (including phenoxy) is 1. The number of aromatic amines is 2. The highest BCUT2D eigenvalue weighted by Crippen LogP contribution is 2.62. The molecule has 5 saturated heterocycles. The van der Waals surface area contributed by atoms with E-state index in [1.807, 2.05) is 0 Å². The number of hydrogen-bond acceptors (Lipinski definition) is 16. The Kier molecular flexibility index (Phi) is 24.2. The van der Waals surface area contributed by atoms with E-state index in [0.29, 0.717) is 147 Å². The van der Waals surface area contributed by atoms with Crippen LogP contribution in [0, 0.1) is 94.7 Å². The minimum atomic E-state index is -1.02. The van der Waals surface area contributed by atoms with Crippen molar-refractivity contribution in [2.45, 2.75) is 166 Å². The number of carboxylic acids is 1. The maximum absolute atomic E-state index is 13.9. The summed E-state index contributed by atoms with van der Waals surface area (Å²) in [4.78, 5) is 160. The van der Waals surface area contributed by atoms with E-state index in [0.717, 1.165) is 57.3 Å². The van der Waals surface area contributed by atoms with Gasteiger partial charge in [0.05, 0.1) is 28.2 Å². The molecule has 12 N–H and O–H groups in total. The SMILES string of the molecule is CC(C)(C)OC(=O)N1C[C@@H]2[C@@H]3CC[C@@H](C3)[C@@H]2[C@H]1C(=O)N[C@@H](C[C@@H]1CCNC1=O)C(=O)CO.O=C(O)c1cc2c(Cl)cc(Cl)cc2[nH]1.O=C1NCC[C@H]1C[C@H](NC(=O)[C@@H]1[C@H]2[C@H]3CC[C@H](C3)[C@H]2CN1C(=O)c1cc2c(Cl)cc(Cl)cc2[nH]1)C(=O)CO.O=C1NCC[C@H]1C[C@H](NC(=O)[C@H]1CC[C@@H]2[C@@H]3CC[C@@H](C3)[C@@H]21)C(=O)CO. The molecule has 7 heterocycles. The van der Waals surface area contributed by atoms with E-state index < -0.39 is 96.9 Å². The minimum Gasteiger partial charge on any atom is -0.477 e. The Balaban J connectivity index is 0.000000134. The van der Waals surface area contributed by atoms with Crippen molar-refractivity contribution in [2.75, 3.05) is 52.5 Å². The smallest absolute Gasteiger partial charge is 0.410 e. The van der Waals surface area contributed by atoms with Crippen LogP contribution in [0.1, 0.15) is 151 Å². The number of rotatable bonds is 20. The van der Waals surface area contributed by atoms with Crippen molar-refractivity contribution in [3.63, 3.8) is 0 Å². The molecular formula is C78H98Cl4N10O17. The molecule has 8 amide bonds. The van der Waals surface area contributed by atoms with Crippen LogP contribution in [0.15, 0.2) is 36.4 Å². The molecule has 109 heavy (non-hydrogen) atoms. The van der Waals surface area contributed by atoms with E-state index in [1.54, 1.807) is 60.9 Å². The van der Waals surface area contributed by atoms with E-state index in [1.165, 1.54) is 25.3 Å². The number of amides is 8. The first-order valence-electron chi connectivity index (χ1n) is 38.6. The highest BCUT2D eigenvalue weighted by atomic mass is 35.5. The van der Waals surface area contributed by atoms with Crippen LogP contribution in [0.5, 0.6) is 0 Å². The summed E-state index contributed by atoms with van der Waals surface area (Å²) in [6, 6.07) is 5.56. The van der Waals surface area contributed by atoms with Crippen LogP contribution >= 0.6 is 46.4 Å². The van der Waals surface area contributed by atoms with Gasteiger partial charge >= 0.3 is 12.1 Å². The zero-order valence-corrected chi connectivity index (χ0v) is 64.3. The van der Waals surface area contributed by atoms with Gasteiger partial charge in [-0.05, 0) is 237 Å². The number of carbonyl (C=O) groups excluding carboxylic acids is 11. The van der Waals surface area contributed by atoms with E-state index in [4.69, 9.17) is 56.2 Å². The highest BCUT2D eigenvalue weighted by Gasteiger charge is 2.62. The number of H-pyrrole nitrogens is 2. The van der Waals surface area contributed by atoms with Gasteiger partial charge in [0.15, 0.2) is 17.3 Å². The molecule has 7 saturated carbocycles. The lowest BCUT2D eigenvalue weighted by Crippen LogP contribution is -2.55. The molecule has 0 spiro atoms. The van der Waals surface area contributed by atoms with Gasteiger partial charge in [0.25, 0.3) is 5.91 Å². The van der Waals surface area contributed by atoms with Crippen LogP contribution in [-0.2, 0) is 47.9 Å². The number of Topliss-reactive ketones (excluding diaryl/α,β-unsaturated/α-hetero) is 3. The molecule has 2 aromatic carbocycles. The topological polar surface area (TPSA) is 405 Å². The number of nitrogens with zero attached hydrogens (tertiary/aromatic N) is 2. The maximum Gasteiger partial charge on any atom is 0.410 e. The average Bonchev–Trinajstić information content (AvgIpc) is 1.60. The number of likely N-dealkylation sites (tertiary alicyclic amines) is 2. The summed E-state index contributed by atoms with van der Waals surface area (Å²) in [5, 5.41) is 56.9. The fourth-order valence-corrected chi connectivity index (χ4v) is 22.5. The molecule has 590 valence electrons. The Bertz CT molecular complexity index is 4240. The number of benzene rings is 2. The summed E-state index contributed by atoms with van der Waals surface area (Å²) in [5.41, 5.74) is 0.999. The predicted molar refractivity (Wildman–Crippen MR) is 401 cm³/mol. The summed E-state index contributed by atoms with van der Waals surface area (Å²) in [6.07, 6.45) is 14.3. The third-order valence-electron chi connectivity index (χ3n) is 26.1.